The van der Waals surface area contributed by atoms with Crippen LogP contribution in [0.25, 0.3) is 0 Å². The minimum absolute atomic E-state index is 0. The van der Waals surface area contributed by atoms with Crippen LogP contribution in [0.3, 0.4) is 0 Å². The Kier molecular flexibility index (Phi) is 6.92. The fourth-order valence-electron chi connectivity index (χ4n) is 3.00. The second-order valence-electron chi connectivity index (χ2n) is 6.44. The molecule has 1 saturated carbocycles. The number of nitrogens with one attached hydrogen (secondary N) is 1. The lowest BCUT2D eigenvalue weighted by atomic mass is 10.1. The van der Waals surface area contributed by atoms with E-state index in [1.165, 1.54) is 12.8 Å². The molecule has 0 atom stereocenters. The third-order valence-electron chi connectivity index (χ3n) is 4.60. The summed E-state index contributed by atoms with van der Waals surface area (Å²) in [6.45, 7) is 4.68. The largest absolute Gasteiger partial charge is 0.494 e. The number of rotatable bonds is 7. The fraction of sp³-hybridized carbons (Fsp3) is 0.647. The van der Waals surface area contributed by atoms with Crippen LogP contribution in [0.1, 0.15) is 32.6 Å². The highest BCUT2D eigenvalue weighted by Crippen LogP contribution is 2.28. The Balaban J connectivity index is 0.00000208. The molecule has 1 heterocycles. The molecule has 3 rings (SSSR count). The summed E-state index contributed by atoms with van der Waals surface area (Å²) >= 11 is 0. The van der Waals surface area contributed by atoms with Gasteiger partial charge in [-0.1, -0.05) is 6.07 Å². The van der Waals surface area contributed by atoms with E-state index in [0.717, 1.165) is 25.3 Å². The second-order valence-corrected chi connectivity index (χ2v) is 8.38. The van der Waals surface area contributed by atoms with Gasteiger partial charge >= 0.3 is 0 Å². The Morgan fingerprint density at radius 1 is 1.21 bits per heavy atom. The van der Waals surface area contributed by atoms with Crippen molar-refractivity contribution in [2.45, 2.75) is 43.5 Å². The zero-order chi connectivity index (χ0) is 16.3. The number of ether oxygens (including phenoxy) is 1. The average molecular weight is 375 g/mol. The molecule has 1 N–H and O–H groups in total. The van der Waals surface area contributed by atoms with Gasteiger partial charge in [0.15, 0.2) is 0 Å². The van der Waals surface area contributed by atoms with Crippen molar-refractivity contribution in [3.63, 3.8) is 0 Å². The lowest BCUT2D eigenvalue weighted by Gasteiger charge is -2.31. The summed E-state index contributed by atoms with van der Waals surface area (Å²) in [5.41, 5.74) is 0. The molecular weight excluding hydrogens is 348 g/mol. The van der Waals surface area contributed by atoms with Crippen LogP contribution in [0.15, 0.2) is 29.2 Å². The Morgan fingerprint density at radius 2 is 1.92 bits per heavy atom. The number of sulfonamides is 1. The average Bonchev–Trinajstić information content (AvgIpc) is 3.38. The number of halogens is 1. The number of benzene rings is 1. The van der Waals surface area contributed by atoms with Crippen molar-refractivity contribution in [1.82, 2.24) is 9.62 Å². The third-order valence-corrected chi connectivity index (χ3v) is 6.49. The molecule has 1 aromatic rings. The molecule has 2 aliphatic rings. The zero-order valence-electron chi connectivity index (χ0n) is 14.1. The molecule has 0 unspecified atom stereocenters. The molecule has 1 aromatic carbocycles. The second kappa shape index (κ2) is 8.52. The Hall–Kier alpha value is -0.820. The first kappa shape index (κ1) is 19.5. The molecule has 1 aliphatic heterocycles. The molecule has 136 valence electrons. The van der Waals surface area contributed by atoms with Crippen LogP contribution >= 0.6 is 12.4 Å². The monoisotopic (exact) mass is 374 g/mol. The van der Waals surface area contributed by atoms with E-state index in [4.69, 9.17) is 4.74 Å². The Bertz CT molecular complexity index is 626. The maximum absolute atomic E-state index is 12.8. The minimum Gasteiger partial charge on any atom is -0.494 e. The van der Waals surface area contributed by atoms with E-state index in [0.29, 0.717) is 36.4 Å². The Labute approximate surface area is 151 Å². The van der Waals surface area contributed by atoms with Gasteiger partial charge in [0.1, 0.15) is 5.75 Å². The molecule has 0 radical (unpaired) electrons. The molecular formula is C17H27ClN2O3S. The lowest BCUT2D eigenvalue weighted by molar-refractivity contribution is 0.287. The standard InChI is InChI=1S/C17H26N2O3S.ClH/c1-2-22-16-4-3-5-17(12-16)23(20,21)19-10-8-15(9-11-19)18-13-14-6-7-14;/h3-5,12,14-15,18H,2,6-11,13H2,1H3;1H. The van der Waals surface area contributed by atoms with E-state index in [1.54, 1.807) is 28.6 Å². The van der Waals surface area contributed by atoms with E-state index in [9.17, 15) is 8.42 Å². The Morgan fingerprint density at radius 3 is 2.54 bits per heavy atom. The van der Waals surface area contributed by atoms with E-state index < -0.39 is 10.0 Å². The highest BCUT2D eigenvalue weighted by atomic mass is 35.5. The number of nitrogens with zero attached hydrogens (tertiary/aromatic N) is 1. The summed E-state index contributed by atoms with van der Waals surface area (Å²) in [4.78, 5) is 0.327. The van der Waals surface area contributed by atoms with Gasteiger partial charge in [0.05, 0.1) is 11.5 Å². The predicted octanol–water partition coefficient (Wildman–Crippen LogP) is 2.66. The van der Waals surface area contributed by atoms with Crippen molar-refractivity contribution in [1.29, 1.82) is 0 Å². The lowest BCUT2D eigenvalue weighted by Crippen LogP contribution is -2.45. The van der Waals surface area contributed by atoms with E-state index in [1.807, 2.05) is 6.92 Å². The first-order valence-corrected chi connectivity index (χ1v) is 10.00. The molecule has 24 heavy (non-hydrogen) atoms. The molecule has 5 nitrogen and oxygen atoms in total. The van der Waals surface area contributed by atoms with Crippen LogP contribution < -0.4 is 10.1 Å². The quantitative estimate of drug-likeness (QED) is 0.797. The van der Waals surface area contributed by atoms with Crippen molar-refractivity contribution in [3.8, 4) is 5.75 Å². The van der Waals surface area contributed by atoms with Gasteiger partial charge < -0.3 is 10.1 Å². The predicted molar refractivity (Wildman–Crippen MR) is 97.4 cm³/mol. The van der Waals surface area contributed by atoms with Crippen LogP contribution in [0.5, 0.6) is 5.75 Å². The van der Waals surface area contributed by atoms with Gasteiger partial charge in [0, 0.05) is 25.2 Å². The van der Waals surface area contributed by atoms with Gasteiger partial charge in [0.25, 0.3) is 0 Å². The molecule has 0 aromatic heterocycles. The normalized spacial score (nSPS) is 19.7. The van der Waals surface area contributed by atoms with Crippen molar-refractivity contribution in [3.05, 3.63) is 24.3 Å². The molecule has 7 heteroatoms. The van der Waals surface area contributed by atoms with E-state index in [-0.39, 0.29) is 12.4 Å². The number of hydrogen-bond donors (Lipinski definition) is 1. The first-order valence-electron chi connectivity index (χ1n) is 8.56. The van der Waals surface area contributed by atoms with Crippen molar-refractivity contribution < 1.29 is 13.2 Å². The van der Waals surface area contributed by atoms with Gasteiger partial charge in [-0.15, -0.1) is 12.4 Å². The minimum atomic E-state index is -3.42. The van der Waals surface area contributed by atoms with Crippen molar-refractivity contribution >= 4 is 22.4 Å². The van der Waals surface area contributed by atoms with Gasteiger partial charge in [-0.3, -0.25) is 0 Å². The van der Waals surface area contributed by atoms with Gasteiger partial charge in [-0.2, -0.15) is 4.31 Å². The maximum Gasteiger partial charge on any atom is 0.243 e. The maximum atomic E-state index is 12.8. The summed E-state index contributed by atoms with van der Waals surface area (Å²) in [6, 6.07) is 7.25. The summed E-state index contributed by atoms with van der Waals surface area (Å²) < 4.78 is 32.6. The van der Waals surface area contributed by atoms with Crippen molar-refractivity contribution in [2.24, 2.45) is 5.92 Å². The number of hydrogen-bond acceptors (Lipinski definition) is 4. The van der Waals surface area contributed by atoms with Crippen molar-refractivity contribution in [2.75, 3.05) is 26.2 Å². The van der Waals surface area contributed by atoms with E-state index >= 15 is 0 Å². The first-order chi connectivity index (χ1) is 11.1. The number of piperidine rings is 1. The van der Waals surface area contributed by atoms with Crippen LogP contribution in [0.4, 0.5) is 0 Å². The fourth-order valence-corrected chi connectivity index (χ4v) is 4.50. The molecule has 1 saturated heterocycles. The summed E-state index contributed by atoms with van der Waals surface area (Å²) in [6.07, 6.45) is 4.46. The summed E-state index contributed by atoms with van der Waals surface area (Å²) in [5.74, 6) is 1.47. The summed E-state index contributed by atoms with van der Waals surface area (Å²) in [7, 11) is -3.42. The van der Waals surface area contributed by atoms with Crippen LogP contribution in [0.2, 0.25) is 0 Å². The van der Waals surface area contributed by atoms with Gasteiger partial charge in [0.2, 0.25) is 10.0 Å². The van der Waals surface area contributed by atoms with Crippen LogP contribution in [-0.2, 0) is 10.0 Å². The van der Waals surface area contributed by atoms with E-state index in [2.05, 4.69) is 5.32 Å². The third kappa shape index (κ3) is 4.85. The van der Waals surface area contributed by atoms with Gasteiger partial charge in [-0.05, 0) is 57.2 Å². The highest BCUT2D eigenvalue weighted by molar-refractivity contribution is 7.89. The summed E-state index contributed by atoms with van der Waals surface area (Å²) in [5, 5.41) is 3.58. The van der Waals surface area contributed by atoms with Gasteiger partial charge in [-0.25, -0.2) is 8.42 Å². The molecule has 1 aliphatic carbocycles. The SMILES string of the molecule is CCOc1cccc(S(=O)(=O)N2CCC(NCC3CC3)CC2)c1.Cl. The molecule has 0 spiro atoms. The molecule has 0 bridgehead atoms. The van der Waals surface area contributed by atoms with Crippen LogP contribution in [0, 0.1) is 5.92 Å². The topological polar surface area (TPSA) is 58.6 Å². The smallest absolute Gasteiger partial charge is 0.243 e. The van der Waals surface area contributed by atoms with Crippen LogP contribution in [-0.4, -0.2) is 45.0 Å². The molecule has 2 fully saturated rings. The highest BCUT2D eigenvalue weighted by Gasteiger charge is 2.30. The zero-order valence-corrected chi connectivity index (χ0v) is 15.7. The molecule has 0 amide bonds.